The van der Waals surface area contributed by atoms with E-state index < -0.39 is 0 Å². The highest BCUT2D eigenvalue weighted by molar-refractivity contribution is 5.94. The van der Waals surface area contributed by atoms with Crippen LogP contribution in [0, 0.1) is 5.92 Å². The van der Waals surface area contributed by atoms with Gasteiger partial charge in [-0.25, -0.2) is 0 Å². The van der Waals surface area contributed by atoms with Gasteiger partial charge in [-0.1, -0.05) is 36.4 Å². The summed E-state index contributed by atoms with van der Waals surface area (Å²) in [4.78, 5) is 20.9. The average molecular weight is 374 g/mol. The highest BCUT2D eigenvalue weighted by atomic mass is 16.2. The number of piperidine rings is 1. The Morgan fingerprint density at radius 2 is 1.71 bits per heavy atom. The van der Waals surface area contributed by atoms with Crippen LogP contribution in [0.2, 0.25) is 0 Å². The molecule has 0 aliphatic carbocycles. The summed E-state index contributed by atoms with van der Waals surface area (Å²) in [6, 6.07) is 18.3. The Morgan fingerprint density at radius 3 is 2.54 bits per heavy atom. The average Bonchev–Trinajstić information content (AvgIpc) is 3.12. The molecule has 1 amide bonds. The molecule has 0 radical (unpaired) electrons. The third-order valence-corrected chi connectivity index (χ3v) is 6.40. The second-order valence-electron chi connectivity index (χ2n) is 8.21. The molecule has 0 saturated carbocycles. The number of hydrogen-bond donors (Lipinski definition) is 1. The molecular weight excluding hydrogens is 346 g/mol. The summed E-state index contributed by atoms with van der Waals surface area (Å²) < 4.78 is 0. The van der Waals surface area contributed by atoms with Crippen molar-refractivity contribution in [3.05, 3.63) is 71.4 Å². The van der Waals surface area contributed by atoms with Crippen molar-refractivity contribution in [2.24, 2.45) is 5.92 Å². The number of nitrogens with zero attached hydrogens (tertiary/aromatic N) is 2. The number of carbonyl (C=O) groups is 1. The van der Waals surface area contributed by atoms with Gasteiger partial charge in [-0.3, -0.25) is 9.69 Å². The van der Waals surface area contributed by atoms with E-state index in [1.807, 2.05) is 35.2 Å². The topological polar surface area (TPSA) is 39.3 Å². The number of nitrogens with one attached hydrogen (secondary N) is 1. The molecule has 4 heteroatoms. The fourth-order valence-electron chi connectivity index (χ4n) is 4.85. The standard InChI is InChI=1S/C24H27N3O/c28-24(19-6-2-1-3-7-19)27-14-10-18(11-15-27)16-26-13-12-21-20-8-4-5-9-22(20)25-23(21)17-26/h1-9,18,25H,10-17H2. The lowest BCUT2D eigenvalue weighted by Crippen LogP contribution is -2.42. The third-order valence-electron chi connectivity index (χ3n) is 6.40. The molecule has 3 aromatic rings. The first-order valence-electron chi connectivity index (χ1n) is 10.4. The molecule has 5 rings (SSSR count). The number of fused-ring (bicyclic) bond motifs is 3. The number of aromatic nitrogens is 1. The predicted molar refractivity (Wildman–Crippen MR) is 112 cm³/mol. The Balaban J connectivity index is 1.18. The van der Waals surface area contributed by atoms with Crippen LogP contribution in [-0.2, 0) is 13.0 Å². The molecular formula is C24H27N3O. The smallest absolute Gasteiger partial charge is 0.253 e. The van der Waals surface area contributed by atoms with E-state index in [1.165, 1.54) is 22.2 Å². The lowest BCUT2D eigenvalue weighted by molar-refractivity contribution is 0.0662. The van der Waals surface area contributed by atoms with Gasteiger partial charge in [0.1, 0.15) is 0 Å². The van der Waals surface area contributed by atoms with Crippen LogP contribution in [0.15, 0.2) is 54.6 Å². The molecule has 0 atom stereocenters. The summed E-state index contributed by atoms with van der Waals surface area (Å²) in [6.07, 6.45) is 3.34. The number of hydrogen-bond acceptors (Lipinski definition) is 2. The highest BCUT2D eigenvalue weighted by Gasteiger charge is 2.27. The predicted octanol–water partition coefficient (Wildman–Crippen LogP) is 4.08. The van der Waals surface area contributed by atoms with E-state index in [9.17, 15) is 4.79 Å². The van der Waals surface area contributed by atoms with Crippen LogP contribution >= 0.6 is 0 Å². The molecule has 144 valence electrons. The lowest BCUT2D eigenvalue weighted by Gasteiger charge is -2.36. The monoisotopic (exact) mass is 373 g/mol. The Hall–Kier alpha value is -2.59. The van der Waals surface area contributed by atoms with E-state index in [4.69, 9.17) is 0 Å². The van der Waals surface area contributed by atoms with E-state index in [2.05, 4.69) is 34.1 Å². The van der Waals surface area contributed by atoms with Crippen molar-refractivity contribution < 1.29 is 4.79 Å². The Kier molecular flexibility index (Phi) is 4.65. The van der Waals surface area contributed by atoms with E-state index in [-0.39, 0.29) is 5.91 Å². The Bertz CT molecular complexity index is 970. The van der Waals surface area contributed by atoms with Crippen molar-refractivity contribution >= 4 is 16.8 Å². The van der Waals surface area contributed by atoms with Gasteiger partial charge < -0.3 is 9.88 Å². The number of rotatable bonds is 3. The van der Waals surface area contributed by atoms with Crippen LogP contribution in [0.1, 0.15) is 34.5 Å². The molecule has 3 heterocycles. The molecule has 0 bridgehead atoms. The van der Waals surface area contributed by atoms with Crippen molar-refractivity contribution in [3.63, 3.8) is 0 Å². The highest BCUT2D eigenvalue weighted by Crippen LogP contribution is 2.29. The number of likely N-dealkylation sites (tertiary alicyclic amines) is 1. The van der Waals surface area contributed by atoms with Gasteiger partial charge in [-0.05, 0) is 48.9 Å². The van der Waals surface area contributed by atoms with E-state index in [1.54, 1.807) is 0 Å². The Morgan fingerprint density at radius 1 is 0.964 bits per heavy atom. The number of carbonyl (C=O) groups excluding carboxylic acids is 1. The summed E-state index contributed by atoms with van der Waals surface area (Å²) >= 11 is 0. The van der Waals surface area contributed by atoms with Gasteiger partial charge >= 0.3 is 0 Å². The summed E-state index contributed by atoms with van der Waals surface area (Å²) in [6.45, 7) is 5.06. The molecule has 1 N–H and O–H groups in total. The van der Waals surface area contributed by atoms with E-state index in [0.29, 0.717) is 5.92 Å². The van der Waals surface area contributed by atoms with Gasteiger partial charge in [-0.2, -0.15) is 0 Å². The van der Waals surface area contributed by atoms with Crippen molar-refractivity contribution in [2.75, 3.05) is 26.2 Å². The molecule has 2 aliphatic heterocycles. The second-order valence-corrected chi connectivity index (χ2v) is 8.21. The summed E-state index contributed by atoms with van der Waals surface area (Å²) in [5.41, 5.74) is 4.98. The van der Waals surface area contributed by atoms with Crippen LogP contribution in [0.3, 0.4) is 0 Å². The van der Waals surface area contributed by atoms with Gasteiger partial charge in [0.25, 0.3) is 5.91 Å². The molecule has 1 saturated heterocycles. The normalized spacial score (nSPS) is 18.4. The Labute approximate surface area is 166 Å². The van der Waals surface area contributed by atoms with Crippen LogP contribution in [0.4, 0.5) is 0 Å². The minimum atomic E-state index is 0.180. The maximum atomic E-state index is 12.6. The molecule has 1 fully saturated rings. The summed E-state index contributed by atoms with van der Waals surface area (Å²) in [7, 11) is 0. The minimum absolute atomic E-state index is 0.180. The molecule has 0 unspecified atom stereocenters. The van der Waals surface area contributed by atoms with Crippen molar-refractivity contribution in [1.82, 2.24) is 14.8 Å². The molecule has 2 aromatic carbocycles. The van der Waals surface area contributed by atoms with Gasteiger partial charge in [0.15, 0.2) is 0 Å². The number of aromatic amines is 1. The van der Waals surface area contributed by atoms with Crippen molar-refractivity contribution in [3.8, 4) is 0 Å². The zero-order valence-electron chi connectivity index (χ0n) is 16.2. The zero-order valence-corrected chi connectivity index (χ0v) is 16.2. The zero-order chi connectivity index (χ0) is 18.9. The summed E-state index contributed by atoms with van der Waals surface area (Å²) in [5, 5.41) is 1.39. The third kappa shape index (κ3) is 3.33. The fraction of sp³-hybridized carbons (Fsp3) is 0.375. The van der Waals surface area contributed by atoms with Crippen molar-refractivity contribution in [1.29, 1.82) is 0 Å². The van der Waals surface area contributed by atoms with Gasteiger partial charge in [0.2, 0.25) is 0 Å². The molecule has 1 aromatic heterocycles. The lowest BCUT2D eigenvalue weighted by atomic mass is 9.94. The number of amides is 1. The maximum absolute atomic E-state index is 12.6. The molecule has 4 nitrogen and oxygen atoms in total. The van der Waals surface area contributed by atoms with Crippen LogP contribution in [0.5, 0.6) is 0 Å². The summed E-state index contributed by atoms with van der Waals surface area (Å²) in [5.74, 6) is 0.866. The first kappa shape index (κ1) is 17.5. The van der Waals surface area contributed by atoms with Crippen LogP contribution in [0.25, 0.3) is 10.9 Å². The fourth-order valence-corrected chi connectivity index (χ4v) is 4.85. The number of benzene rings is 2. The van der Waals surface area contributed by atoms with Gasteiger partial charge in [0.05, 0.1) is 0 Å². The first-order valence-corrected chi connectivity index (χ1v) is 10.4. The molecule has 28 heavy (non-hydrogen) atoms. The van der Waals surface area contributed by atoms with E-state index in [0.717, 1.165) is 57.5 Å². The van der Waals surface area contributed by atoms with Gasteiger partial charge in [0, 0.05) is 54.9 Å². The molecule has 0 spiro atoms. The SMILES string of the molecule is O=C(c1ccccc1)N1CCC(CN2CCc3c([nH]c4ccccc34)C2)CC1. The maximum Gasteiger partial charge on any atom is 0.253 e. The quantitative estimate of drug-likeness (QED) is 0.751. The van der Waals surface area contributed by atoms with Crippen molar-refractivity contribution in [2.45, 2.75) is 25.8 Å². The largest absolute Gasteiger partial charge is 0.357 e. The van der Waals surface area contributed by atoms with Gasteiger partial charge in [-0.15, -0.1) is 0 Å². The minimum Gasteiger partial charge on any atom is -0.357 e. The second kappa shape index (κ2) is 7.44. The first-order chi connectivity index (χ1) is 13.8. The van der Waals surface area contributed by atoms with Crippen LogP contribution < -0.4 is 0 Å². The number of H-pyrrole nitrogens is 1. The molecule has 2 aliphatic rings. The van der Waals surface area contributed by atoms with Crippen LogP contribution in [-0.4, -0.2) is 46.9 Å². The van der Waals surface area contributed by atoms with E-state index >= 15 is 0 Å². The number of para-hydroxylation sites is 1.